The molecule has 0 unspecified atom stereocenters. The molecule has 0 spiro atoms. The zero-order valence-electron chi connectivity index (χ0n) is 9.01. The van der Waals surface area contributed by atoms with Crippen molar-refractivity contribution in [3.05, 3.63) is 30.2 Å². The summed E-state index contributed by atoms with van der Waals surface area (Å²) in [5, 5.41) is 3.91. The van der Waals surface area contributed by atoms with Gasteiger partial charge >= 0.3 is 0 Å². The van der Waals surface area contributed by atoms with Crippen LogP contribution in [0.1, 0.15) is 12.6 Å². The molecule has 0 amide bonds. The van der Waals surface area contributed by atoms with Gasteiger partial charge in [0.2, 0.25) is 5.82 Å². The lowest BCUT2D eigenvalue weighted by molar-refractivity contribution is 0.415. The fourth-order valence-electron chi connectivity index (χ4n) is 1.27. The predicted molar refractivity (Wildman–Crippen MR) is 54.7 cm³/mol. The third-order valence-electron chi connectivity index (χ3n) is 2.06. The van der Waals surface area contributed by atoms with Crippen LogP contribution in [0.4, 0.5) is 4.39 Å². The smallest absolute Gasteiger partial charge is 0.259 e. The fraction of sp³-hybridized carbons (Fsp3) is 0.300. The number of halogens is 1. The van der Waals surface area contributed by atoms with Crippen molar-refractivity contribution >= 4 is 0 Å². The maximum atomic E-state index is 13.7. The summed E-state index contributed by atoms with van der Waals surface area (Å²) < 4.78 is 20.5. The van der Waals surface area contributed by atoms with Crippen LogP contribution in [0.5, 0.6) is 11.6 Å². The number of hydrogen-bond acceptors (Lipinski definition) is 4. The van der Waals surface area contributed by atoms with Crippen LogP contribution < -0.4 is 4.74 Å². The highest BCUT2D eigenvalue weighted by atomic mass is 19.1. The summed E-state index contributed by atoms with van der Waals surface area (Å²) in [4.78, 5) is 7.56. The molecule has 0 atom stereocenters. The second-order valence-electron chi connectivity index (χ2n) is 3.24. The molecule has 2 aromatic heterocycles. The van der Waals surface area contributed by atoms with E-state index >= 15 is 0 Å². The van der Waals surface area contributed by atoms with E-state index in [0.717, 1.165) is 0 Å². The number of ether oxygens (including phenoxy) is 1. The van der Waals surface area contributed by atoms with Crippen LogP contribution in [0.3, 0.4) is 0 Å². The summed E-state index contributed by atoms with van der Waals surface area (Å²) in [6.45, 7) is 1.82. The first-order valence-corrected chi connectivity index (χ1v) is 4.86. The van der Waals surface area contributed by atoms with Gasteiger partial charge in [-0.05, 0) is 6.42 Å². The van der Waals surface area contributed by atoms with Gasteiger partial charge < -0.3 is 4.74 Å². The van der Waals surface area contributed by atoms with Crippen LogP contribution >= 0.6 is 0 Å². The molecular weight excluding hydrogens is 211 g/mol. The van der Waals surface area contributed by atoms with Gasteiger partial charge in [0.1, 0.15) is 6.33 Å². The fourth-order valence-corrected chi connectivity index (χ4v) is 1.27. The van der Waals surface area contributed by atoms with Crippen LogP contribution in [-0.4, -0.2) is 19.7 Å². The van der Waals surface area contributed by atoms with Gasteiger partial charge in [0.05, 0.1) is 18.1 Å². The first-order valence-electron chi connectivity index (χ1n) is 4.86. The third-order valence-corrected chi connectivity index (χ3v) is 2.06. The topological polar surface area (TPSA) is 52.8 Å². The second kappa shape index (κ2) is 4.26. The Hall–Kier alpha value is -1.98. The minimum atomic E-state index is -0.520. The summed E-state index contributed by atoms with van der Waals surface area (Å²) >= 11 is 0. The molecular formula is C10H11FN4O. The number of aromatic nitrogens is 4. The van der Waals surface area contributed by atoms with Crippen molar-refractivity contribution in [3.63, 3.8) is 0 Å². The summed E-state index contributed by atoms with van der Waals surface area (Å²) in [5.74, 6) is -0.143. The largest absolute Gasteiger partial charge is 0.433 e. The Balaban J connectivity index is 2.28. The lowest BCUT2D eigenvalue weighted by atomic mass is 10.3. The molecule has 0 saturated carbocycles. The Labute approximate surface area is 91.9 Å². The summed E-state index contributed by atoms with van der Waals surface area (Å²) in [5.41, 5.74) is 0.342. The number of aryl methyl sites for hydroxylation is 2. The molecule has 16 heavy (non-hydrogen) atoms. The molecule has 0 aromatic carbocycles. The average molecular weight is 222 g/mol. The first kappa shape index (κ1) is 10.5. The van der Waals surface area contributed by atoms with E-state index in [9.17, 15) is 4.39 Å². The standard InChI is InChI=1S/C10H11FN4O/c1-3-8-9(11)10(13-6-12-8)16-7-4-14-15(2)5-7/h4-6H,3H2,1-2H3. The van der Waals surface area contributed by atoms with Crippen LogP contribution in [0.2, 0.25) is 0 Å². The summed E-state index contributed by atoms with van der Waals surface area (Å²) in [6.07, 6.45) is 4.91. The minimum absolute atomic E-state index is 0.0696. The predicted octanol–water partition coefficient (Wildman–Crippen LogP) is 1.70. The monoisotopic (exact) mass is 222 g/mol. The molecule has 0 radical (unpaired) electrons. The number of rotatable bonds is 3. The number of nitrogens with zero attached hydrogens (tertiary/aromatic N) is 4. The van der Waals surface area contributed by atoms with Gasteiger partial charge in [-0.2, -0.15) is 14.5 Å². The molecule has 0 saturated heterocycles. The molecule has 0 aliphatic heterocycles. The lowest BCUT2D eigenvalue weighted by Crippen LogP contribution is -1.99. The highest BCUT2D eigenvalue weighted by molar-refractivity contribution is 5.24. The molecule has 2 aromatic rings. The SMILES string of the molecule is CCc1ncnc(Oc2cnn(C)c2)c1F. The van der Waals surface area contributed by atoms with E-state index in [1.807, 2.05) is 6.92 Å². The molecule has 5 nitrogen and oxygen atoms in total. The molecule has 6 heteroatoms. The van der Waals surface area contributed by atoms with Gasteiger partial charge in [0.15, 0.2) is 5.75 Å². The Morgan fingerprint density at radius 1 is 1.44 bits per heavy atom. The van der Waals surface area contributed by atoms with Crippen molar-refractivity contribution in [2.75, 3.05) is 0 Å². The Bertz CT molecular complexity index is 497. The van der Waals surface area contributed by atoms with Gasteiger partial charge in [-0.25, -0.2) is 4.98 Å². The summed E-state index contributed by atoms with van der Waals surface area (Å²) in [6, 6.07) is 0. The maximum Gasteiger partial charge on any atom is 0.259 e. The van der Waals surface area contributed by atoms with Gasteiger partial charge in [-0.15, -0.1) is 0 Å². The van der Waals surface area contributed by atoms with Crippen LogP contribution in [-0.2, 0) is 13.5 Å². The maximum absolute atomic E-state index is 13.7. The van der Waals surface area contributed by atoms with E-state index in [1.54, 1.807) is 17.9 Å². The zero-order valence-corrected chi connectivity index (χ0v) is 9.01. The Morgan fingerprint density at radius 2 is 2.25 bits per heavy atom. The molecule has 2 rings (SSSR count). The van der Waals surface area contributed by atoms with Crippen LogP contribution in [0.15, 0.2) is 18.7 Å². The molecule has 0 aliphatic carbocycles. The van der Waals surface area contributed by atoms with E-state index in [1.165, 1.54) is 12.5 Å². The molecule has 2 heterocycles. The van der Waals surface area contributed by atoms with Crippen LogP contribution in [0, 0.1) is 5.82 Å². The highest BCUT2D eigenvalue weighted by Crippen LogP contribution is 2.22. The second-order valence-corrected chi connectivity index (χ2v) is 3.24. The average Bonchev–Trinajstić information content (AvgIpc) is 2.67. The van der Waals surface area contributed by atoms with Gasteiger partial charge in [0.25, 0.3) is 5.88 Å². The Kier molecular flexibility index (Phi) is 2.80. The molecule has 0 N–H and O–H groups in total. The first-order chi connectivity index (χ1) is 7.70. The van der Waals surface area contributed by atoms with E-state index < -0.39 is 5.82 Å². The van der Waals surface area contributed by atoms with Gasteiger partial charge in [-0.1, -0.05) is 6.92 Å². The molecule has 84 valence electrons. The van der Waals surface area contributed by atoms with Crippen molar-refractivity contribution in [2.24, 2.45) is 7.05 Å². The van der Waals surface area contributed by atoms with E-state index in [0.29, 0.717) is 17.9 Å². The van der Waals surface area contributed by atoms with E-state index in [2.05, 4.69) is 15.1 Å². The van der Waals surface area contributed by atoms with Crippen molar-refractivity contribution < 1.29 is 9.13 Å². The third kappa shape index (κ3) is 2.00. The summed E-state index contributed by atoms with van der Waals surface area (Å²) in [7, 11) is 1.75. The van der Waals surface area contributed by atoms with Crippen LogP contribution in [0.25, 0.3) is 0 Å². The Morgan fingerprint density at radius 3 is 2.88 bits per heavy atom. The molecule has 0 aliphatic rings. The number of hydrogen-bond donors (Lipinski definition) is 0. The van der Waals surface area contributed by atoms with E-state index in [-0.39, 0.29) is 5.88 Å². The van der Waals surface area contributed by atoms with Gasteiger partial charge in [0, 0.05) is 7.05 Å². The van der Waals surface area contributed by atoms with Gasteiger partial charge in [-0.3, -0.25) is 4.68 Å². The van der Waals surface area contributed by atoms with Crippen molar-refractivity contribution in [2.45, 2.75) is 13.3 Å². The lowest BCUT2D eigenvalue weighted by Gasteiger charge is -2.04. The normalized spacial score (nSPS) is 10.4. The molecule has 0 fully saturated rings. The highest BCUT2D eigenvalue weighted by Gasteiger charge is 2.12. The van der Waals surface area contributed by atoms with Crippen molar-refractivity contribution in [1.82, 2.24) is 19.7 Å². The zero-order chi connectivity index (χ0) is 11.5. The van der Waals surface area contributed by atoms with Crippen molar-refractivity contribution in [3.8, 4) is 11.6 Å². The quantitative estimate of drug-likeness (QED) is 0.793. The van der Waals surface area contributed by atoms with Crippen molar-refractivity contribution in [1.29, 1.82) is 0 Å². The van der Waals surface area contributed by atoms with E-state index in [4.69, 9.17) is 4.74 Å². The molecule has 0 bridgehead atoms. The minimum Gasteiger partial charge on any atom is -0.433 e.